The van der Waals surface area contributed by atoms with Crippen LogP contribution in [0.25, 0.3) is 0 Å². The maximum atomic E-state index is 12.8. The molecule has 0 aliphatic rings. The number of esters is 2. The summed E-state index contributed by atoms with van der Waals surface area (Å²) in [4.78, 5) is 37.3. The van der Waals surface area contributed by atoms with Gasteiger partial charge in [-0.2, -0.15) is 0 Å². The van der Waals surface area contributed by atoms with Crippen LogP contribution in [0.4, 0.5) is 0 Å². The first-order valence-corrected chi connectivity index (χ1v) is 27.8. The Morgan fingerprint density at radius 2 is 0.826 bits per heavy atom. The number of likely N-dealkylation sites (N-methyl/N-ethyl adjacent to an activating group) is 1. The molecule has 9 nitrogen and oxygen atoms in total. The summed E-state index contributed by atoms with van der Waals surface area (Å²) in [5.74, 6) is -2.05. The van der Waals surface area contributed by atoms with E-state index in [2.05, 4.69) is 98.9 Å². The van der Waals surface area contributed by atoms with Gasteiger partial charge in [0.15, 0.2) is 6.10 Å². The molecule has 0 aliphatic carbocycles. The first-order chi connectivity index (χ1) is 33.6. The Morgan fingerprint density at radius 3 is 1.23 bits per heavy atom. The number of unbranched alkanes of at least 4 members (excludes halogenated alkanes) is 21. The molecule has 396 valence electrons. The summed E-state index contributed by atoms with van der Waals surface area (Å²) < 4.78 is 22.8. The van der Waals surface area contributed by atoms with Gasteiger partial charge in [-0.05, 0) is 89.9 Å². The number of nitrogens with zero attached hydrogens (tertiary/aromatic N) is 1. The lowest BCUT2D eigenvalue weighted by Gasteiger charge is -2.25. The molecule has 0 spiro atoms. The van der Waals surface area contributed by atoms with E-state index in [9.17, 15) is 19.5 Å². The molecule has 0 bridgehead atoms. The van der Waals surface area contributed by atoms with Crippen molar-refractivity contribution in [2.24, 2.45) is 0 Å². The second-order valence-corrected chi connectivity index (χ2v) is 19.5. The van der Waals surface area contributed by atoms with Crippen molar-refractivity contribution in [2.45, 2.75) is 232 Å². The van der Waals surface area contributed by atoms with E-state index in [0.29, 0.717) is 23.9 Å². The zero-order valence-corrected chi connectivity index (χ0v) is 44.9. The number of carbonyl (C=O) groups is 3. The predicted molar refractivity (Wildman–Crippen MR) is 290 cm³/mol. The van der Waals surface area contributed by atoms with Crippen molar-refractivity contribution >= 4 is 17.9 Å². The predicted octanol–water partition coefficient (Wildman–Crippen LogP) is 16.0. The number of hydrogen-bond donors (Lipinski definition) is 1. The lowest BCUT2D eigenvalue weighted by Crippen LogP contribution is -2.40. The molecule has 0 aliphatic heterocycles. The monoisotopic (exact) mass is 967 g/mol. The molecule has 0 aromatic rings. The van der Waals surface area contributed by atoms with Crippen LogP contribution < -0.4 is 0 Å². The van der Waals surface area contributed by atoms with E-state index in [0.717, 1.165) is 83.5 Å². The number of carbonyl (C=O) groups excluding carboxylic acids is 2. The molecule has 0 heterocycles. The maximum absolute atomic E-state index is 12.8. The summed E-state index contributed by atoms with van der Waals surface area (Å²) in [7, 11) is 5.95. The third-order valence-electron chi connectivity index (χ3n) is 11.6. The Labute approximate surface area is 423 Å². The van der Waals surface area contributed by atoms with E-state index in [1.165, 1.54) is 103 Å². The van der Waals surface area contributed by atoms with E-state index < -0.39 is 24.3 Å². The number of ether oxygens (including phenoxy) is 4. The molecule has 0 rings (SSSR count). The van der Waals surface area contributed by atoms with Crippen molar-refractivity contribution in [3.8, 4) is 0 Å². The zero-order valence-electron chi connectivity index (χ0n) is 44.9. The normalized spacial score (nSPS) is 13.5. The average Bonchev–Trinajstić information content (AvgIpc) is 3.31. The van der Waals surface area contributed by atoms with Crippen molar-refractivity contribution in [1.82, 2.24) is 0 Å². The van der Waals surface area contributed by atoms with E-state index in [-0.39, 0.29) is 32.2 Å². The maximum Gasteiger partial charge on any atom is 0.361 e. The van der Waals surface area contributed by atoms with Gasteiger partial charge in [-0.15, -0.1) is 0 Å². The van der Waals surface area contributed by atoms with Gasteiger partial charge in [-0.3, -0.25) is 9.59 Å². The third kappa shape index (κ3) is 52.1. The number of carboxylic acid groups (broad SMARTS) is 1. The molecule has 0 fully saturated rings. The van der Waals surface area contributed by atoms with Crippen molar-refractivity contribution < 1.29 is 42.9 Å². The number of quaternary nitrogens is 1. The Balaban J connectivity index is 4.27. The molecule has 2 unspecified atom stereocenters. The first kappa shape index (κ1) is 65.5. The van der Waals surface area contributed by atoms with E-state index in [1.54, 1.807) is 0 Å². The number of hydrogen-bond acceptors (Lipinski definition) is 7. The second-order valence-electron chi connectivity index (χ2n) is 19.5. The Kier molecular flexibility index (Phi) is 48.2. The van der Waals surface area contributed by atoms with Gasteiger partial charge in [0.1, 0.15) is 13.2 Å². The van der Waals surface area contributed by atoms with Crippen molar-refractivity contribution in [2.75, 3.05) is 47.5 Å². The summed E-state index contributed by atoms with van der Waals surface area (Å²) in [5, 5.41) is 9.68. The largest absolute Gasteiger partial charge is 0.477 e. The molecule has 69 heavy (non-hydrogen) atoms. The number of aliphatic carboxylic acids is 1. The molecule has 0 saturated carbocycles. The standard InChI is InChI=1S/C60H103NO8/c1-6-8-10-12-14-16-18-20-22-24-25-26-27-28-29-30-31-32-33-35-36-38-40-42-44-46-48-50-57(62)67-54-56(55-68-60(59(64)65)66-53-52-61(3,4)5)69-58(63)51-49-47-45-43-41-39-37-34-23-21-19-17-15-13-11-9-7-2/h9,11,15,17-18,20-21,23-25,27-28,37,39,56,60H,6-8,10,12-14,16,19,22,26,29-36,38,40-55H2,1-5H3/p+1/b11-9-,17-15-,20-18-,23-21-,25-24-,28-27-,39-37-. The molecular formula is C60H104NO8+. The quantitative estimate of drug-likeness (QED) is 0.0211. The van der Waals surface area contributed by atoms with E-state index >= 15 is 0 Å². The summed E-state index contributed by atoms with van der Waals surface area (Å²) in [6.45, 7) is 4.71. The number of carboxylic acids is 1. The van der Waals surface area contributed by atoms with Crippen LogP contribution in [0.15, 0.2) is 85.1 Å². The average molecular weight is 967 g/mol. The summed E-state index contributed by atoms with van der Waals surface area (Å²) >= 11 is 0. The van der Waals surface area contributed by atoms with Crippen LogP contribution >= 0.6 is 0 Å². The van der Waals surface area contributed by atoms with Gasteiger partial charge in [0.05, 0.1) is 34.4 Å². The highest BCUT2D eigenvalue weighted by Crippen LogP contribution is 2.15. The van der Waals surface area contributed by atoms with Crippen molar-refractivity contribution in [3.05, 3.63) is 85.1 Å². The van der Waals surface area contributed by atoms with Crippen LogP contribution in [0, 0.1) is 0 Å². The molecule has 0 aromatic carbocycles. The Morgan fingerprint density at radius 1 is 0.449 bits per heavy atom. The smallest absolute Gasteiger partial charge is 0.361 e. The Bertz CT molecular complexity index is 1400. The Hall–Kier alpha value is -3.53. The van der Waals surface area contributed by atoms with Crippen LogP contribution in [0.2, 0.25) is 0 Å². The second kappa shape index (κ2) is 50.8. The minimum absolute atomic E-state index is 0.178. The van der Waals surface area contributed by atoms with E-state index in [1.807, 2.05) is 21.1 Å². The van der Waals surface area contributed by atoms with Gasteiger partial charge in [-0.25, -0.2) is 4.79 Å². The summed E-state index contributed by atoms with van der Waals surface area (Å²) in [5.41, 5.74) is 0. The van der Waals surface area contributed by atoms with E-state index in [4.69, 9.17) is 18.9 Å². The van der Waals surface area contributed by atoms with Gasteiger partial charge in [0, 0.05) is 12.8 Å². The van der Waals surface area contributed by atoms with Crippen LogP contribution in [0.5, 0.6) is 0 Å². The number of rotatable bonds is 50. The highest BCUT2D eigenvalue weighted by atomic mass is 16.7. The fourth-order valence-electron chi connectivity index (χ4n) is 7.36. The van der Waals surface area contributed by atoms with Crippen molar-refractivity contribution in [3.63, 3.8) is 0 Å². The molecule has 0 radical (unpaired) electrons. The zero-order chi connectivity index (χ0) is 50.6. The van der Waals surface area contributed by atoms with Gasteiger partial charge in [0.2, 0.25) is 0 Å². The molecule has 0 aromatic heterocycles. The van der Waals surface area contributed by atoms with Crippen molar-refractivity contribution in [1.29, 1.82) is 0 Å². The van der Waals surface area contributed by atoms with Gasteiger partial charge in [0.25, 0.3) is 6.29 Å². The van der Waals surface area contributed by atoms with Crippen LogP contribution in [-0.4, -0.2) is 87.4 Å². The summed E-state index contributed by atoms with van der Waals surface area (Å²) in [6.07, 6.45) is 63.7. The van der Waals surface area contributed by atoms with Crippen LogP contribution in [-0.2, 0) is 33.3 Å². The highest BCUT2D eigenvalue weighted by molar-refractivity contribution is 5.71. The minimum atomic E-state index is -1.52. The molecule has 1 N–H and O–H groups in total. The van der Waals surface area contributed by atoms with Gasteiger partial charge >= 0.3 is 17.9 Å². The highest BCUT2D eigenvalue weighted by Gasteiger charge is 2.25. The molecule has 0 amide bonds. The molecule has 2 atom stereocenters. The van der Waals surface area contributed by atoms with Crippen LogP contribution in [0.3, 0.4) is 0 Å². The third-order valence-corrected chi connectivity index (χ3v) is 11.6. The molecule has 0 saturated heterocycles. The fourth-order valence-corrected chi connectivity index (χ4v) is 7.36. The SMILES string of the molecule is CC/C=C\C/C=C\C/C=C\C/C=C\CCCCCCC(=O)OC(COC(=O)CCCCCCCCCCCCCC/C=C\C/C=C\C/C=C\CCCCCCC)COC(OCC[N+](C)(C)C)C(=O)O. The minimum Gasteiger partial charge on any atom is -0.477 e. The lowest BCUT2D eigenvalue weighted by molar-refractivity contribution is -0.870. The number of allylic oxidation sites excluding steroid dienone is 14. The van der Waals surface area contributed by atoms with Gasteiger partial charge in [-0.1, -0.05) is 202 Å². The first-order valence-electron chi connectivity index (χ1n) is 27.8. The lowest BCUT2D eigenvalue weighted by atomic mass is 10.0. The summed E-state index contributed by atoms with van der Waals surface area (Å²) in [6, 6.07) is 0. The van der Waals surface area contributed by atoms with Crippen LogP contribution in [0.1, 0.15) is 219 Å². The molecule has 9 heteroatoms. The fraction of sp³-hybridized carbons (Fsp3) is 0.717. The topological polar surface area (TPSA) is 108 Å². The van der Waals surface area contributed by atoms with Gasteiger partial charge < -0.3 is 28.5 Å². The molecular weight excluding hydrogens is 863 g/mol.